The summed E-state index contributed by atoms with van der Waals surface area (Å²) < 4.78 is 10.9. The van der Waals surface area contributed by atoms with Gasteiger partial charge >= 0.3 is 5.97 Å². The number of esters is 1. The summed E-state index contributed by atoms with van der Waals surface area (Å²) in [5.41, 5.74) is 4.36. The topological polar surface area (TPSA) is 77.5 Å². The number of benzene rings is 1. The highest BCUT2D eigenvalue weighted by atomic mass is 16.5. The quantitative estimate of drug-likeness (QED) is 0.582. The molecule has 2 aliphatic rings. The second kappa shape index (κ2) is 9.11. The van der Waals surface area contributed by atoms with Gasteiger partial charge in [0.05, 0.1) is 24.9 Å². The first kappa shape index (κ1) is 20.1. The van der Waals surface area contributed by atoms with Crippen molar-refractivity contribution < 1.29 is 19.1 Å². The molecule has 2 heterocycles. The third kappa shape index (κ3) is 4.53. The molecule has 6 nitrogen and oxygen atoms in total. The number of para-hydroxylation sites is 1. The third-order valence-electron chi connectivity index (χ3n) is 5.59. The molecular weight excluding hydrogens is 380 g/mol. The van der Waals surface area contributed by atoms with Crippen molar-refractivity contribution in [2.24, 2.45) is 0 Å². The number of amides is 1. The van der Waals surface area contributed by atoms with E-state index < -0.39 is 5.97 Å². The molecule has 1 amide bonds. The first-order valence-electron chi connectivity index (χ1n) is 10.4. The Morgan fingerprint density at radius 1 is 1.23 bits per heavy atom. The summed E-state index contributed by atoms with van der Waals surface area (Å²) in [5, 5.41) is 3.02. The summed E-state index contributed by atoms with van der Waals surface area (Å²) >= 11 is 0. The zero-order valence-electron chi connectivity index (χ0n) is 17.1. The maximum Gasteiger partial charge on any atom is 0.339 e. The standard InChI is InChI=1S/C24H26N2O4/c1-29-24(28)18-10-11-21(25-14-18)20-9-5-8-17-13-19(30-23(17)20)15-26-22(27)12-16-6-3-2-4-7-16/h5-6,8-11,14,19H,2-4,7,12-13,15H2,1H3,(H,26,27)/t19-/m0/s1. The van der Waals surface area contributed by atoms with Gasteiger partial charge in [-0.05, 0) is 49.4 Å². The number of pyridine rings is 1. The number of hydrogen-bond donors (Lipinski definition) is 1. The first-order chi connectivity index (χ1) is 14.6. The lowest BCUT2D eigenvalue weighted by Crippen LogP contribution is -2.34. The molecule has 2 aromatic rings. The van der Waals surface area contributed by atoms with E-state index in [1.807, 2.05) is 18.2 Å². The number of fused-ring (bicyclic) bond motifs is 1. The van der Waals surface area contributed by atoms with Crippen molar-refractivity contribution in [1.29, 1.82) is 0 Å². The average Bonchev–Trinajstić information content (AvgIpc) is 3.21. The van der Waals surface area contributed by atoms with Crippen LogP contribution in [0, 0.1) is 0 Å². The molecule has 0 radical (unpaired) electrons. The van der Waals surface area contributed by atoms with Crippen molar-refractivity contribution in [2.45, 2.75) is 44.6 Å². The van der Waals surface area contributed by atoms with Crippen LogP contribution in [-0.4, -0.2) is 36.6 Å². The van der Waals surface area contributed by atoms with Gasteiger partial charge in [-0.25, -0.2) is 4.79 Å². The van der Waals surface area contributed by atoms with Gasteiger partial charge in [0, 0.05) is 24.6 Å². The predicted molar refractivity (Wildman–Crippen MR) is 113 cm³/mol. The van der Waals surface area contributed by atoms with Gasteiger partial charge in [0.15, 0.2) is 0 Å². The number of nitrogens with zero attached hydrogens (tertiary/aromatic N) is 1. The first-order valence-corrected chi connectivity index (χ1v) is 10.4. The van der Waals surface area contributed by atoms with Gasteiger partial charge in [-0.15, -0.1) is 0 Å². The van der Waals surface area contributed by atoms with Gasteiger partial charge in [0.25, 0.3) is 0 Å². The van der Waals surface area contributed by atoms with Gasteiger partial charge in [-0.3, -0.25) is 9.78 Å². The van der Waals surface area contributed by atoms with E-state index >= 15 is 0 Å². The smallest absolute Gasteiger partial charge is 0.339 e. The van der Waals surface area contributed by atoms with Crippen LogP contribution in [0.3, 0.4) is 0 Å². The molecule has 0 spiro atoms. The minimum atomic E-state index is -0.414. The molecule has 1 N–H and O–H groups in total. The number of rotatable bonds is 6. The lowest BCUT2D eigenvalue weighted by molar-refractivity contribution is -0.120. The second-order valence-corrected chi connectivity index (χ2v) is 7.75. The molecule has 1 aliphatic carbocycles. The van der Waals surface area contributed by atoms with Crippen LogP contribution >= 0.6 is 0 Å². The van der Waals surface area contributed by atoms with E-state index in [1.165, 1.54) is 31.7 Å². The normalized spacial score (nSPS) is 17.5. The molecular formula is C24H26N2O4. The number of aromatic nitrogens is 1. The summed E-state index contributed by atoms with van der Waals surface area (Å²) in [7, 11) is 1.35. The second-order valence-electron chi connectivity index (χ2n) is 7.75. The zero-order chi connectivity index (χ0) is 20.9. The van der Waals surface area contributed by atoms with Gasteiger partial charge in [-0.1, -0.05) is 23.8 Å². The molecule has 1 atom stereocenters. The Morgan fingerprint density at radius 2 is 2.13 bits per heavy atom. The van der Waals surface area contributed by atoms with Crippen LogP contribution in [0.25, 0.3) is 11.3 Å². The van der Waals surface area contributed by atoms with Crippen molar-refractivity contribution >= 4 is 11.9 Å². The van der Waals surface area contributed by atoms with Crippen molar-refractivity contribution in [3.05, 3.63) is 59.3 Å². The molecule has 0 bridgehead atoms. The Kier molecular flexibility index (Phi) is 6.12. The van der Waals surface area contributed by atoms with Crippen molar-refractivity contribution in [3.63, 3.8) is 0 Å². The van der Waals surface area contributed by atoms with E-state index in [0.29, 0.717) is 18.5 Å². The van der Waals surface area contributed by atoms with Gasteiger partial charge < -0.3 is 14.8 Å². The van der Waals surface area contributed by atoms with E-state index in [4.69, 9.17) is 9.47 Å². The van der Waals surface area contributed by atoms with Gasteiger partial charge in [-0.2, -0.15) is 0 Å². The van der Waals surface area contributed by atoms with Crippen LogP contribution in [0.1, 0.15) is 48.0 Å². The van der Waals surface area contributed by atoms with Crippen LogP contribution < -0.4 is 10.1 Å². The fourth-order valence-electron chi connectivity index (χ4n) is 4.01. The highest BCUT2D eigenvalue weighted by Crippen LogP contribution is 2.38. The monoisotopic (exact) mass is 406 g/mol. The fraction of sp³-hybridized carbons (Fsp3) is 0.375. The zero-order valence-corrected chi connectivity index (χ0v) is 17.1. The number of methoxy groups -OCH3 is 1. The van der Waals surface area contributed by atoms with Crippen molar-refractivity contribution in [3.8, 4) is 17.0 Å². The van der Waals surface area contributed by atoms with Crippen LogP contribution in [-0.2, 0) is 16.0 Å². The highest BCUT2D eigenvalue weighted by Gasteiger charge is 2.26. The summed E-state index contributed by atoms with van der Waals surface area (Å²) in [5.74, 6) is 0.441. The lowest BCUT2D eigenvalue weighted by Gasteiger charge is -2.15. The van der Waals surface area contributed by atoms with E-state index in [0.717, 1.165) is 41.8 Å². The molecule has 30 heavy (non-hydrogen) atoms. The maximum absolute atomic E-state index is 12.3. The van der Waals surface area contributed by atoms with Crippen LogP contribution in [0.2, 0.25) is 0 Å². The molecule has 1 aliphatic heterocycles. The molecule has 1 aromatic heterocycles. The Bertz CT molecular complexity index is 966. The van der Waals surface area contributed by atoms with Crippen LogP contribution in [0.4, 0.5) is 0 Å². The number of carbonyl (C=O) groups excluding carboxylic acids is 2. The number of ether oxygens (including phenoxy) is 2. The molecule has 4 rings (SSSR count). The molecule has 0 unspecified atom stereocenters. The molecule has 6 heteroatoms. The summed E-state index contributed by atoms with van der Waals surface area (Å²) in [6.07, 6.45) is 9.36. The Labute approximate surface area is 176 Å². The average molecular weight is 406 g/mol. The highest BCUT2D eigenvalue weighted by molar-refractivity contribution is 5.89. The Hall–Kier alpha value is -3.15. The van der Waals surface area contributed by atoms with E-state index in [9.17, 15) is 9.59 Å². The number of carbonyl (C=O) groups is 2. The summed E-state index contributed by atoms with van der Waals surface area (Å²) in [6, 6.07) is 9.45. The Balaban J connectivity index is 1.39. The minimum Gasteiger partial charge on any atom is -0.487 e. The number of allylic oxidation sites excluding steroid dienone is 1. The minimum absolute atomic E-state index is 0.0583. The molecule has 1 aromatic carbocycles. The predicted octanol–water partition coefficient (Wildman–Crippen LogP) is 3.85. The molecule has 156 valence electrons. The van der Waals surface area contributed by atoms with Gasteiger partial charge in [0.1, 0.15) is 11.9 Å². The third-order valence-corrected chi connectivity index (χ3v) is 5.59. The number of nitrogens with one attached hydrogen (secondary N) is 1. The molecule has 0 saturated carbocycles. The fourth-order valence-corrected chi connectivity index (χ4v) is 4.01. The lowest BCUT2D eigenvalue weighted by atomic mass is 9.97. The van der Waals surface area contributed by atoms with Crippen molar-refractivity contribution in [2.75, 3.05) is 13.7 Å². The molecule has 0 saturated heterocycles. The van der Waals surface area contributed by atoms with Crippen LogP contribution in [0.15, 0.2) is 48.2 Å². The van der Waals surface area contributed by atoms with E-state index in [1.54, 1.807) is 12.1 Å². The SMILES string of the molecule is COC(=O)c1ccc(-c2cccc3c2O[C@H](CNC(=O)CC2=CCCCC2)C3)nc1. The van der Waals surface area contributed by atoms with Crippen molar-refractivity contribution in [1.82, 2.24) is 10.3 Å². The van der Waals surface area contributed by atoms with E-state index in [2.05, 4.69) is 16.4 Å². The van der Waals surface area contributed by atoms with Gasteiger partial charge in [0.2, 0.25) is 5.91 Å². The summed E-state index contributed by atoms with van der Waals surface area (Å²) in [4.78, 5) is 28.3. The molecule has 0 fully saturated rings. The Morgan fingerprint density at radius 3 is 2.87 bits per heavy atom. The number of hydrogen-bond acceptors (Lipinski definition) is 5. The summed E-state index contributed by atoms with van der Waals surface area (Å²) in [6.45, 7) is 0.481. The maximum atomic E-state index is 12.3. The van der Waals surface area contributed by atoms with Crippen LogP contribution in [0.5, 0.6) is 5.75 Å². The van der Waals surface area contributed by atoms with E-state index in [-0.39, 0.29) is 12.0 Å². The largest absolute Gasteiger partial charge is 0.487 e.